The summed E-state index contributed by atoms with van der Waals surface area (Å²) in [6.07, 6.45) is 1.81. The molecule has 1 fully saturated rings. The molecule has 1 unspecified atom stereocenters. The van der Waals surface area contributed by atoms with Crippen molar-refractivity contribution in [3.05, 3.63) is 0 Å². The van der Waals surface area contributed by atoms with E-state index < -0.39 is 14.6 Å². The van der Waals surface area contributed by atoms with Crippen molar-refractivity contribution >= 4 is 15.6 Å². The molecule has 16 heavy (non-hydrogen) atoms. The standard InChI is InChI=1S/C11H21NO3S/c1-9-7-12(6-5-10(9)13)8-11(2,3)16(4,14)15/h9H,5-8H2,1-4H3. The Morgan fingerprint density at radius 1 is 1.44 bits per heavy atom. The number of hydrogen-bond acceptors (Lipinski definition) is 4. The molecular weight excluding hydrogens is 226 g/mol. The average Bonchev–Trinajstić information content (AvgIpc) is 2.09. The quantitative estimate of drug-likeness (QED) is 0.737. The normalized spacial score (nSPS) is 24.8. The van der Waals surface area contributed by atoms with E-state index in [1.54, 1.807) is 13.8 Å². The lowest BCUT2D eigenvalue weighted by molar-refractivity contribution is -0.125. The Kier molecular flexibility index (Phi) is 3.80. The Bertz CT molecular complexity index is 373. The molecule has 1 atom stereocenters. The van der Waals surface area contributed by atoms with Gasteiger partial charge in [-0.15, -0.1) is 0 Å². The van der Waals surface area contributed by atoms with Crippen LogP contribution in [0.25, 0.3) is 0 Å². The van der Waals surface area contributed by atoms with Gasteiger partial charge in [-0.05, 0) is 13.8 Å². The van der Waals surface area contributed by atoms with Gasteiger partial charge in [-0.1, -0.05) is 6.92 Å². The zero-order valence-corrected chi connectivity index (χ0v) is 11.3. The molecule has 0 aliphatic carbocycles. The number of nitrogens with zero attached hydrogens (tertiary/aromatic N) is 1. The Morgan fingerprint density at radius 2 is 2.00 bits per heavy atom. The van der Waals surface area contributed by atoms with Crippen LogP contribution in [0.15, 0.2) is 0 Å². The van der Waals surface area contributed by atoms with Gasteiger partial charge in [-0.3, -0.25) is 4.79 Å². The Hall–Kier alpha value is -0.420. The molecule has 0 saturated carbocycles. The summed E-state index contributed by atoms with van der Waals surface area (Å²) < 4.78 is 22.4. The van der Waals surface area contributed by atoms with E-state index in [2.05, 4.69) is 4.90 Å². The van der Waals surface area contributed by atoms with Gasteiger partial charge in [0.1, 0.15) is 5.78 Å². The summed E-state index contributed by atoms with van der Waals surface area (Å²) in [6, 6.07) is 0. The maximum absolute atomic E-state index is 11.6. The number of rotatable bonds is 3. The van der Waals surface area contributed by atoms with E-state index in [0.29, 0.717) is 26.1 Å². The van der Waals surface area contributed by atoms with Gasteiger partial charge in [0.25, 0.3) is 0 Å². The van der Waals surface area contributed by atoms with Crippen molar-refractivity contribution in [2.75, 3.05) is 25.9 Å². The zero-order valence-electron chi connectivity index (χ0n) is 10.5. The molecule has 1 aliphatic heterocycles. The summed E-state index contributed by atoms with van der Waals surface area (Å²) >= 11 is 0. The van der Waals surface area contributed by atoms with Crippen molar-refractivity contribution < 1.29 is 13.2 Å². The zero-order chi connectivity index (χ0) is 12.6. The van der Waals surface area contributed by atoms with Crippen LogP contribution in [0.3, 0.4) is 0 Å². The predicted molar refractivity (Wildman–Crippen MR) is 64.2 cm³/mol. The van der Waals surface area contributed by atoms with Gasteiger partial charge in [-0.25, -0.2) is 8.42 Å². The highest BCUT2D eigenvalue weighted by atomic mass is 32.2. The van der Waals surface area contributed by atoms with Crippen molar-refractivity contribution in [2.24, 2.45) is 5.92 Å². The maximum Gasteiger partial charge on any atom is 0.153 e. The van der Waals surface area contributed by atoms with E-state index >= 15 is 0 Å². The fourth-order valence-corrected chi connectivity index (χ4v) is 2.31. The van der Waals surface area contributed by atoms with Crippen LogP contribution in [-0.4, -0.2) is 49.7 Å². The van der Waals surface area contributed by atoms with E-state index in [-0.39, 0.29) is 11.7 Å². The molecule has 0 spiro atoms. The molecule has 1 heterocycles. The summed E-state index contributed by atoms with van der Waals surface area (Å²) in [4.78, 5) is 13.4. The van der Waals surface area contributed by atoms with Gasteiger partial charge in [0, 0.05) is 38.2 Å². The second-order valence-electron chi connectivity index (χ2n) is 5.38. The maximum atomic E-state index is 11.6. The van der Waals surface area contributed by atoms with Crippen molar-refractivity contribution in [2.45, 2.75) is 31.9 Å². The van der Waals surface area contributed by atoms with Crippen LogP contribution in [0, 0.1) is 5.92 Å². The lowest BCUT2D eigenvalue weighted by atomic mass is 9.98. The second-order valence-corrected chi connectivity index (χ2v) is 8.03. The molecule has 1 aliphatic rings. The van der Waals surface area contributed by atoms with E-state index in [1.165, 1.54) is 6.26 Å². The molecule has 0 bridgehead atoms. The number of carbonyl (C=O) groups excluding carboxylic acids is 1. The minimum atomic E-state index is -3.06. The third-order valence-corrected chi connectivity index (χ3v) is 5.50. The van der Waals surface area contributed by atoms with Crippen LogP contribution in [0.4, 0.5) is 0 Å². The molecule has 0 amide bonds. The van der Waals surface area contributed by atoms with Crippen LogP contribution in [0.5, 0.6) is 0 Å². The number of hydrogen-bond donors (Lipinski definition) is 0. The first kappa shape index (κ1) is 13.6. The number of carbonyl (C=O) groups is 1. The minimum absolute atomic E-state index is 0.0316. The first-order valence-electron chi connectivity index (χ1n) is 5.58. The molecule has 4 nitrogen and oxygen atoms in total. The summed E-state index contributed by atoms with van der Waals surface area (Å²) in [5.41, 5.74) is 0. The van der Waals surface area contributed by atoms with E-state index in [0.717, 1.165) is 0 Å². The Balaban J connectivity index is 2.66. The van der Waals surface area contributed by atoms with Gasteiger partial charge >= 0.3 is 0 Å². The molecule has 1 saturated heterocycles. The lowest BCUT2D eigenvalue weighted by Crippen LogP contribution is -2.49. The summed E-state index contributed by atoms with van der Waals surface area (Å²) in [5, 5.41) is 0. The van der Waals surface area contributed by atoms with Gasteiger partial charge in [-0.2, -0.15) is 0 Å². The van der Waals surface area contributed by atoms with Crippen molar-refractivity contribution in [3.8, 4) is 0 Å². The van der Waals surface area contributed by atoms with Crippen LogP contribution in [0.2, 0.25) is 0 Å². The number of likely N-dealkylation sites (tertiary alicyclic amines) is 1. The first-order chi connectivity index (χ1) is 7.13. The van der Waals surface area contributed by atoms with Crippen LogP contribution in [0.1, 0.15) is 27.2 Å². The van der Waals surface area contributed by atoms with Crippen molar-refractivity contribution in [1.29, 1.82) is 0 Å². The molecule has 0 aromatic carbocycles. The fourth-order valence-electron chi connectivity index (χ4n) is 1.89. The van der Waals surface area contributed by atoms with E-state index in [4.69, 9.17) is 0 Å². The molecule has 94 valence electrons. The molecule has 0 aromatic rings. The molecule has 5 heteroatoms. The average molecular weight is 247 g/mol. The first-order valence-corrected chi connectivity index (χ1v) is 7.47. The number of Topliss-reactive ketones (excluding diaryl/α,β-unsaturated/α-hetero) is 1. The molecule has 0 N–H and O–H groups in total. The van der Waals surface area contributed by atoms with Crippen molar-refractivity contribution in [3.63, 3.8) is 0 Å². The van der Waals surface area contributed by atoms with Gasteiger partial charge in [0.15, 0.2) is 9.84 Å². The summed E-state index contributed by atoms with van der Waals surface area (Å²) in [5.74, 6) is 0.317. The lowest BCUT2D eigenvalue weighted by Gasteiger charge is -2.35. The van der Waals surface area contributed by atoms with Crippen LogP contribution in [-0.2, 0) is 14.6 Å². The fraction of sp³-hybridized carbons (Fsp3) is 0.909. The topological polar surface area (TPSA) is 54.5 Å². The highest BCUT2D eigenvalue weighted by molar-refractivity contribution is 7.92. The summed E-state index contributed by atoms with van der Waals surface area (Å²) in [7, 11) is -3.06. The SMILES string of the molecule is CC1CN(CC(C)(C)S(C)(=O)=O)CCC1=O. The van der Waals surface area contributed by atoms with Gasteiger partial charge in [0.2, 0.25) is 0 Å². The third-order valence-electron chi connectivity index (χ3n) is 3.36. The summed E-state index contributed by atoms with van der Waals surface area (Å²) in [6.45, 7) is 7.25. The smallest absolute Gasteiger partial charge is 0.153 e. The van der Waals surface area contributed by atoms with E-state index in [9.17, 15) is 13.2 Å². The molecular formula is C11H21NO3S. The largest absolute Gasteiger partial charge is 0.301 e. The monoisotopic (exact) mass is 247 g/mol. The van der Waals surface area contributed by atoms with Crippen molar-refractivity contribution in [1.82, 2.24) is 4.90 Å². The van der Waals surface area contributed by atoms with Gasteiger partial charge in [0.05, 0.1) is 4.75 Å². The Labute approximate surface area is 97.9 Å². The molecule has 0 radical (unpaired) electrons. The highest BCUT2D eigenvalue weighted by Crippen LogP contribution is 2.20. The highest BCUT2D eigenvalue weighted by Gasteiger charge is 2.34. The van der Waals surface area contributed by atoms with Gasteiger partial charge < -0.3 is 4.90 Å². The number of ketones is 1. The van der Waals surface area contributed by atoms with E-state index in [1.807, 2.05) is 6.92 Å². The number of piperidine rings is 1. The minimum Gasteiger partial charge on any atom is -0.301 e. The predicted octanol–water partition coefficient (Wildman–Crippen LogP) is 0.720. The number of sulfone groups is 1. The molecule has 0 aromatic heterocycles. The molecule has 1 rings (SSSR count). The third kappa shape index (κ3) is 3.04. The van der Waals surface area contributed by atoms with Crippen LogP contribution >= 0.6 is 0 Å². The van der Waals surface area contributed by atoms with Crippen LogP contribution < -0.4 is 0 Å². The Morgan fingerprint density at radius 3 is 2.44 bits per heavy atom. The second kappa shape index (κ2) is 4.45.